The highest BCUT2D eigenvalue weighted by Gasteiger charge is 2.25. The highest BCUT2D eigenvalue weighted by molar-refractivity contribution is 7.26. The number of aromatic nitrogens is 1. The van der Waals surface area contributed by atoms with Gasteiger partial charge in [0.2, 0.25) is 0 Å². The first-order chi connectivity index (χ1) is 27.8. The van der Waals surface area contributed by atoms with Crippen molar-refractivity contribution in [1.29, 1.82) is 0 Å². The summed E-state index contributed by atoms with van der Waals surface area (Å²) >= 11 is 1.88. The van der Waals surface area contributed by atoms with E-state index in [4.69, 9.17) is 0 Å². The number of para-hydroxylation sites is 2. The summed E-state index contributed by atoms with van der Waals surface area (Å²) in [6.07, 6.45) is 0. The van der Waals surface area contributed by atoms with Crippen LogP contribution in [0.2, 0.25) is 0 Å². The highest BCUT2D eigenvalue weighted by atomic mass is 32.1. The molecular formula is C54H33NS. The van der Waals surface area contributed by atoms with E-state index in [1.165, 1.54) is 113 Å². The second kappa shape index (κ2) is 12.3. The van der Waals surface area contributed by atoms with Crippen molar-refractivity contribution < 1.29 is 0 Å². The van der Waals surface area contributed by atoms with Crippen LogP contribution in [0.15, 0.2) is 194 Å². The zero-order valence-corrected chi connectivity index (χ0v) is 31.2. The fourth-order valence-electron chi connectivity index (χ4n) is 9.49. The average molecular weight is 728 g/mol. The third-order valence-electron chi connectivity index (χ3n) is 11.8. The van der Waals surface area contributed by atoms with Crippen molar-refractivity contribution >= 4 is 85.6 Å². The monoisotopic (exact) mass is 727 g/mol. The van der Waals surface area contributed by atoms with E-state index in [2.05, 4.69) is 199 Å². The summed E-state index contributed by atoms with van der Waals surface area (Å²) in [6, 6.07) is 71.8. The molecule has 0 fully saturated rings. The first-order valence-corrected chi connectivity index (χ1v) is 20.1. The van der Waals surface area contributed by atoms with Crippen LogP contribution in [0.4, 0.5) is 0 Å². The Morgan fingerprint density at radius 3 is 1.62 bits per heavy atom. The van der Waals surface area contributed by atoms with Crippen LogP contribution in [0.1, 0.15) is 0 Å². The maximum atomic E-state index is 3.89. The van der Waals surface area contributed by atoms with E-state index in [0.29, 0.717) is 0 Å². The van der Waals surface area contributed by atoms with Crippen LogP contribution in [-0.4, -0.2) is 4.98 Å². The van der Waals surface area contributed by atoms with Crippen molar-refractivity contribution in [2.24, 2.45) is 0 Å². The molecule has 12 rings (SSSR count). The molecule has 260 valence electrons. The van der Waals surface area contributed by atoms with Crippen molar-refractivity contribution in [2.45, 2.75) is 0 Å². The van der Waals surface area contributed by atoms with Crippen LogP contribution in [0.5, 0.6) is 0 Å². The van der Waals surface area contributed by atoms with Crippen LogP contribution in [0.25, 0.3) is 119 Å². The quantitative estimate of drug-likeness (QED) is 0.174. The lowest BCUT2D eigenvalue weighted by molar-refractivity contribution is 1.54. The van der Waals surface area contributed by atoms with Crippen LogP contribution < -0.4 is 0 Å². The minimum absolute atomic E-state index is 1.15. The van der Waals surface area contributed by atoms with Gasteiger partial charge < -0.3 is 4.98 Å². The van der Waals surface area contributed by atoms with Crippen molar-refractivity contribution in [3.8, 4) is 44.5 Å². The Balaban J connectivity index is 1.28. The number of hydrogen-bond donors (Lipinski definition) is 1. The van der Waals surface area contributed by atoms with Crippen LogP contribution in [-0.2, 0) is 0 Å². The van der Waals surface area contributed by atoms with Gasteiger partial charge in [0.15, 0.2) is 0 Å². The molecule has 12 aromatic rings. The number of benzene rings is 10. The maximum Gasteiger partial charge on any atom is 0.0544 e. The van der Waals surface area contributed by atoms with Gasteiger partial charge in [-0.1, -0.05) is 176 Å². The first-order valence-electron chi connectivity index (χ1n) is 19.3. The fraction of sp³-hybridized carbons (Fsp3) is 0. The number of hydrogen-bond acceptors (Lipinski definition) is 1. The summed E-state index contributed by atoms with van der Waals surface area (Å²) in [5.41, 5.74) is 12.1. The molecule has 0 aliphatic rings. The normalized spacial score (nSPS) is 11.9. The molecule has 0 amide bonds. The molecule has 0 radical (unpaired) electrons. The van der Waals surface area contributed by atoms with Crippen molar-refractivity contribution in [1.82, 2.24) is 4.98 Å². The summed E-state index contributed by atoms with van der Waals surface area (Å²) in [4.78, 5) is 3.89. The topological polar surface area (TPSA) is 15.8 Å². The lowest BCUT2D eigenvalue weighted by Gasteiger charge is -2.22. The minimum atomic E-state index is 1.15. The number of aromatic amines is 1. The van der Waals surface area contributed by atoms with Gasteiger partial charge >= 0.3 is 0 Å². The summed E-state index contributed by atoms with van der Waals surface area (Å²) in [6.45, 7) is 0. The summed E-state index contributed by atoms with van der Waals surface area (Å²) in [5.74, 6) is 0. The number of rotatable bonds is 4. The molecule has 0 bridgehead atoms. The molecule has 2 heteroatoms. The molecule has 56 heavy (non-hydrogen) atoms. The summed E-state index contributed by atoms with van der Waals surface area (Å²) in [5, 5.41) is 12.8. The Bertz CT molecular complexity index is 3490. The zero-order valence-electron chi connectivity index (χ0n) is 30.4. The van der Waals surface area contributed by atoms with Gasteiger partial charge in [-0.25, -0.2) is 0 Å². The summed E-state index contributed by atoms with van der Waals surface area (Å²) in [7, 11) is 0. The van der Waals surface area contributed by atoms with Gasteiger partial charge in [0.1, 0.15) is 0 Å². The number of nitrogens with one attached hydrogen (secondary N) is 1. The Kier molecular flexibility index (Phi) is 6.87. The van der Waals surface area contributed by atoms with Gasteiger partial charge in [0.25, 0.3) is 0 Å². The molecule has 0 aliphatic carbocycles. The molecule has 0 saturated carbocycles. The lowest BCUT2D eigenvalue weighted by atomic mass is 9.81. The van der Waals surface area contributed by atoms with Gasteiger partial charge in [-0.3, -0.25) is 0 Å². The third-order valence-corrected chi connectivity index (χ3v) is 13.0. The molecule has 2 heterocycles. The van der Waals surface area contributed by atoms with E-state index >= 15 is 0 Å². The Morgan fingerprint density at radius 2 is 0.839 bits per heavy atom. The van der Waals surface area contributed by atoms with Gasteiger partial charge in [-0.2, -0.15) is 0 Å². The number of thiophene rings is 1. The molecule has 1 nitrogen and oxygen atoms in total. The molecule has 1 N–H and O–H groups in total. The standard InChI is InChI=1S/C54H33NS/c1-2-15-33(16-3-1)34-23-12-25-41(42-26-13-24-40-37-18-5-4-17-35(37)36-19-6-7-21-39(36)51(40)42)50(34)45-31-32-49-53(44-22-9-11-30-48(44)56-49)52(45)46-28-14-27-43-38-20-8-10-29-47(38)55-54(43)46/h1-32,55H. The largest absolute Gasteiger partial charge is 0.354 e. The average Bonchev–Trinajstić information content (AvgIpc) is 3.85. The number of H-pyrrole nitrogens is 1. The third kappa shape index (κ3) is 4.54. The molecule has 0 spiro atoms. The second-order valence-corrected chi connectivity index (χ2v) is 15.9. The van der Waals surface area contributed by atoms with Crippen LogP contribution in [0.3, 0.4) is 0 Å². The molecule has 0 unspecified atom stereocenters. The van der Waals surface area contributed by atoms with E-state index in [1.807, 2.05) is 11.3 Å². The van der Waals surface area contributed by atoms with Gasteiger partial charge in [0, 0.05) is 47.6 Å². The van der Waals surface area contributed by atoms with E-state index in [0.717, 1.165) is 5.52 Å². The molecule has 0 atom stereocenters. The number of fused-ring (bicyclic) bond motifs is 12. The maximum absolute atomic E-state index is 3.89. The molecule has 2 aromatic heterocycles. The molecule has 0 aliphatic heterocycles. The SMILES string of the molecule is c1ccc(-c2cccc(-c3cccc4c5ccccc5c5ccccc5c34)c2-c2ccc3sc4ccccc4c3c2-c2cccc3c2[nH]c2ccccc23)cc1. The first kappa shape index (κ1) is 31.4. The summed E-state index contributed by atoms with van der Waals surface area (Å²) < 4.78 is 2.59. The van der Waals surface area contributed by atoms with E-state index in [9.17, 15) is 0 Å². The van der Waals surface area contributed by atoms with Crippen molar-refractivity contribution in [3.05, 3.63) is 194 Å². The fourth-order valence-corrected chi connectivity index (χ4v) is 10.6. The van der Waals surface area contributed by atoms with Crippen molar-refractivity contribution in [2.75, 3.05) is 0 Å². The van der Waals surface area contributed by atoms with Crippen LogP contribution in [0, 0.1) is 0 Å². The van der Waals surface area contributed by atoms with E-state index in [-0.39, 0.29) is 0 Å². The van der Waals surface area contributed by atoms with E-state index in [1.54, 1.807) is 0 Å². The minimum Gasteiger partial charge on any atom is -0.354 e. The predicted molar refractivity (Wildman–Crippen MR) is 243 cm³/mol. The predicted octanol–water partition coefficient (Wildman–Crippen LogP) is 15.8. The van der Waals surface area contributed by atoms with Crippen molar-refractivity contribution in [3.63, 3.8) is 0 Å². The molecule has 0 saturated heterocycles. The van der Waals surface area contributed by atoms with Crippen LogP contribution >= 0.6 is 11.3 Å². The Labute approximate surface area is 327 Å². The Morgan fingerprint density at radius 1 is 0.286 bits per heavy atom. The van der Waals surface area contributed by atoms with Gasteiger partial charge in [0.05, 0.1) is 5.52 Å². The molecular weight excluding hydrogens is 695 g/mol. The Hall–Kier alpha value is -7.00. The van der Waals surface area contributed by atoms with E-state index < -0.39 is 0 Å². The van der Waals surface area contributed by atoms with Gasteiger partial charge in [-0.15, -0.1) is 11.3 Å². The lowest BCUT2D eigenvalue weighted by Crippen LogP contribution is -1.95. The smallest absolute Gasteiger partial charge is 0.0544 e. The zero-order chi connectivity index (χ0) is 36.7. The molecule has 10 aromatic carbocycles. The second-order valence-electron chi connectivity index (χ2n) is 14.8. The van der Waals surface area contributed by atoms with Gasteiger partial charge in [-0.05, 0) is 83.9 Å². The highest BCUT2D eigenvalue weighted by Crippen LogP contribution is 2.52.